The Labute approximate surface area is 197 Å². The minimum absolute atomic E-state index is 0.0536. The number of amides is 3. The van der Waals surface area contributed by atoms with Crippen LogP contribution in [0.1, 0.15) is 55.9 Å². The number of fused-ring (bicyclic) bond motifs is 1. The van der Waals surface area contributed by atoms with Crippen molar-refractivity contribution in [1.82, 2.24) is 30.8 Å². The summed E-state index contributed by atoms with van der Waals surface area (Å²) in [7, 11) is 0. The van der Waals surface area contributed by atoms with E-state index in [-0.39, 0.29) is 6.04 Å². The second kappa shape index (κ2) is 9.90. The predicted octanol–water partition coefficient (Wildman–Crippen LogP) is 3.49. The number of ether oxygens (including phenoxy) is 1. The van der Waals surface area contributed by atoms with Crippen molar-refractivity contribution in [3.8, 4) is 0 Å². The molecule has 178 valence electrons. The normalized spacial score (nSPS) is 16.1. The van der Waals surface area contributed by atoms with Gasteiger partial charge in [-0.05, 0) is 57.2 Å². The third-order valence-corrected chi connectivity index (χ3v) is 5.35. The number of nitrogens with one attached hydrogen (secondary N) is 4. The molecule has 0 spiro atoms. The molecule has 0 saturated carbocycles. The number of aromatic amines is 1. The number of H-pyrrole nitrogens is 1. The molecule has 3 aromatic rings. The van der Waals surface area contributed by atoms with Crippen LogP contribution in [-0.2, 0) is 17.6 Å². The molecule has 2 atom stereocenters. The summed E-state index contributed by atoms with van der Waals surface area (Å²) in [4.78, 5) is 33.7. The Morgan fingerprint density at radius 3 is 2.68 bits per heavy atom. The summed E-state index contributed by atoms with van der Waals surface area (Å²) < 4.78 is 5.37. The number of aromatic nitrogens is 4. The van der Waals surface area contributed by atoms with Gasteiger partial charge in [-0.1, -0.05) is 30.3 Å². The second-order valence-electron chi connectivity index (χ2n) is 9.23. The monoisotopic (exact) mass is 463 g/mol. The van der Waals surface area contributed by atoms with Gasteiger partial charge in [0, 0.05) is 11.7 Å². The van der Waals surface area contributed by atoms with E-state index in [1.807, 2.05) is 57.2 Å². The number of aryl methyl sites for hydroxylation is 1. The quantitative estimate of drug-likeness (QED) is 0.458. The number of urea groups is 1. The molecule has 3 amide bonds. The first-order valence-electron chi connectivity index (χ1n) is 11.2. The first-order valence-corrected chi connectivity index (χ1v) is 11.2. The molecule has 2 heterocycles. The molecule has 1 aromatic carbocycles. The van der Waals surface area contributed by atoms with Crippen molar-refractivity contribution >= 4 is 17.8 Å². The SMILES string of the molecule is CC(C)(C)OC(=O)NC1CCc2ncc(NC(=O)NC(c3ccccc3)c3ncn[nH]3)cc2C1. The summed E-state index contributed by atoms with van der Waals surface area (Å²) in [6.45, 7) is 5.50. The molecule has 34 heavy (non-hydrogen) atoms. The molecule has 2 aromatic heterocycles. The maximum Gasteiger partial charge on any atom is 0.407 e. The molecule has 0 saturated heterocycles. The Morgan fingerprint density at radius 2 is 1.97 bits per heavy atom. The zero-order chi connectivity index (χ0) is 24.1. The van der Waals surface area contributed by atoms with Crippen LogP contribution in [0.5, 0.6) is 0 Å². The molecule has 4 N–H and O–H groups in total. The van der Waals surface area contributed by atoms with E-state index in [1.165, 1.54) is 6.33 Å². The second-order valence-corrected chi connectivity index (χ2v) is 9.23. The van der Waals surface area contributed by atoms with Crippen molar-refractivity contribution < 1.29 is 14.3 Å². The highest BCUT2D eigenvalue weighted by molar-refractivity contribution is 5.89. The van der Waals surface area contributed by atoms with E-state index in [2.05, 4.69) is 36.1 Å². The van der Waals surface area contributed by atoms with Crippen LogP contribution in [0.4, 0.5) is 15.3 Å². The van der Waals surface area contributed by atoms with E-state index in [0.717, 1.165) is 29.7 Å². The highest BCUT2D eigenvalue weighted by Gasteiger charge is 2.25. The van der Waals surface area contributed by atoms with Gasteiger partial charge in [-0.15, -0.1) is 0 Å². The lowest BCUT2D eigenvalue weighted by Crippen LogP contribution is -2.42. The molecule has 0 bridgehead atoms. The van der Waals surface area contributed by atoms with Crippen LogP contribution in [-0.4, -0.2) is 43.9 Å². The van der Waals surface area contributed by atoms with Gasteiger partial charge in [0.25, 0.3) is 0 Å². The van der Waals surface area contributed by atoms with Crippen LogP contribution < -0.4 is 16.0 Å². The molecule has 0 aliphatic heterocycles. The van der Waals surface area contributed by atoms with E-state index in [4.69, 9.17) is 4.74 Å². The van der Waals surface area contributed by atoms with Crippen LogP contribution in [0, 0.1) is 0 Å². The standard InChI is InChI=1S/C24H29N7O3/c1-24(2,3)34-23(33)29-17-9-10-19-16(11-17)12-18(13-25-19)28-22(32)30-20(21-26-14-27-31-21)15-7-5-4-6-8-15/h4-8,12-14,17,20H,9-11H2,1-3H3,(H,29,33)(H,26,27,31)(H2,28,30,32). The minimum Gasteiger partial charge on any atom is -0.444 e. The van der Waals surface area contributed by atoms with Gasteiger partial charge in [0.1, 0.15) is 18.0 Å². The third kappa shape index (κ3) is 6.09. The number of alkyl carbamates (subject to hydrolysis) is 1. The summed E-state index contributed by atoms with van der Waals surface area (Å²) in [5.41, 5.74) is 2.84. The van der Waals surface area contributed by atoms with E-state index in [9.17, 15) is 9.59 Å². The lowest BCUT2D eigenvalue weighted by Gasteiger charge is -2.27. The molecule has 10 nitrogen and oxygen atoms in total. The molecule has 4 rings (SSSR count). The van der Waals surface area contributed by atoms with Crippen molar-refractivity contribution in [3.05, 3.63) is 71.6 Å². The Balaban J connectivity index is 1.41. The third-order valence-electron chi connectivity index (χ3n) is 5.35. The predicted molar refractivity (Wildman–Crippen MR) is 126 cm³/mol. The Kier molecular flexibility index (Phi) is 6.76. The first kappa shape index (κ1) is 23.2. The number of anilines is 1. The topological polar surface area (TPSA) is 134 Å². The zero-order valence-corrected chi connectivity index (χ0v) is 19.5. The number of carbonyl (C=O) groups is 2. The molecule has 1 aliphatic rings. The minimum atomic E-state index is -0.550. The number of rotatable bonds is 5. The van der Waals surface area contributed by atoms with Crippen molar-refractivity contribution in [2.45, 2.75) is 57.7 Å². The van der Waals surface area contributed by atoms with Crippen LogP contribution >= 0.6 is 0 Å². The van der Waals surface area contributed by atoms with Gasteiger partial charge in [-0.3, -0.25) is 10.1 Å². The van der Waals surface area contributed by atoms with Gasteiger partial charge in [-0.2, -0.15) is 5.10 Å². The first-order chi connectivity index (χ1) is 16.3. The molecule has 10 heteroatoms. The summed E-state index contributed by atoms with van der Waals surface area (Å²) in [5.74, 6) is 0.529. The molecule has 0 fully saturated rings. The van der Waals surface area contributed by atoms with Crippen molar-refractivity contribution in [2.24, 2.45) is 0 Å². The molecule has 1 aliphatic carbocycles. The zero-order valence-electron chi connectivity index (χ0n) is 19.5. The Bertz CT molecular complexity index is 1130. The smallest absolute Gasteiger partial charge is 0.407 e. The van der Waals surface area contributed by atoms with Gasteiger partial charge in [-0.25, -0.2) is 14.6 Å². The fourth-order valence-electron chi connectivity index (χ4n) is 3.89. The van der Waals surface area contributed by atoms with E-state index < -0.39 is 23.8 Å². The van der Waals surface area contributed by atoms with E-state index in [0.29, 0.717) is 17.9 Å². The average molecular weight is 464 g/mol. The van der Waals surface area contributed by atoms with Gasteiger partial charge < -0.3 is 20.7 Å². The molecule has 0 radical (unpaired) electrons. The van der Waals surface area contributed by atoms with Crippen LogP contribution in [0.25, 0.3) is 0 Å². The highest BCUT2D eigenvalue weighted by Crippen LogP contribution is 2.24. The van der Waals surface area contributed by atoms with E-state index >= 15 is 0 Å². The number of benzene rings is 1. The summed E-state index contributed by atoms with van der Waals surface area (Å²) >= 11 is 0. The van der Waals surface area contributed by atoms with Crippen molar-refractivity contribution in [2.75, 3.05) is 5.32 Å². The van der Waals surface area contributed by atoms with Gasteiger partial charge >= 0.3 is 12.1 Å². The number of pyridine rings is 1. The molecule has 2 unspecified atom stereocenters. The number of hydrogen-bond acceptors (Lipinski definition) is 6. The summed E-state index contributed by atoms with van der Waals surface area (Å²) in [6, 6.07) is 10.5. The van der Waals surface area contributed by atoms with E-state index in [1.54, 1.807) is 6.20 Å². The molecular weight excluding hydrogens is 434 g/mol. The Morgan fingerprint density at radius 1 is 1.18 bits per heavy atom. The summed E-state index contributed by atoms with van der Waals surface area (Å²) in [6.07, 6.45) is 4.75. The van der Waals surface area contributed by atoms with Crippen molar-refractivity contribution in [3.63, 3.8) is 0 Å². The average Bonchev–Trinajstić information content (AvgIpc) is 3.31. The highest BCUT2D eigenvalue weighted by atomic mass is 16.6. The van der Waals surface area contributed by atoms with Crippen LogP contribution in [0.2, 0.25) is 0 Å². The Hall–Kier alpha value is -3.95. The lowest BCUT2D eigenvalue weighted by molar-refractivity contribution is 0.0500. The van der Waals surface area contributed by atoms with Crippen molar-refractivity contribution in [1.29, 1.82) is 0 Å². The fraction of sp³-hybridized carbons (Fsp3) is 0.375. The number of nitrogens with zero attached hydrogens (tertiary/aromatic N) is 3. The van der Waals surface area contributed by atoms with Gasteiger partial charge in [0.2, 0.25) is 0 Å². The number of carbonyl (C=O) groups excluding carboxylic acids is 2. The van der Waals surface area contributed by atoms with Crippen LogP contribution in [0.3, 0.4) is 0 Å². The fourth-order valence-corrected chi connectivity index (χ4v) is 3.89. The van der Waals surface area contributed by atoms with Gasteiger partial charge in [0.05, 0.1) is 11.9 Å². The largest absolute Gasteiger partial charge is 0.444 e. The lowest BCUT2D eigenvalue weighted by atomic mass is 9.91. The van der Waals surface area contributed by atoms with Gasteiger partial charge in [0.15, 0.2) is 5.82 Å². The molecular formula is C24H29N7O3. The maximum absolute atomic E-state index is 12.8. The number of hydrogen-bond donors (Lipinski definition) is 4. The van der Waals surface area contributed by atoms with Crippen LogP contribution in [0.15, 0.2) is 48.9 Å². The maximum atomic E-state index is 12.8. The summed E-state index contributed by atoms with van der Waals surface area (Å²) in [5, 5.41) is 15.4.